The molecule has 3 aromatic carbocycles. The van der Waals surface area contributed by atoms with Gasteiger partial charge < -0.3 is 24.8 Å². The Kier molecular flexibility index (Phi) is 10.8. The number of benzene rings is 3. The Morgan fingerprint density at radius 2 is 1.14 bits per heavy atom. The van der Waals surface area contributed by atoms with Crippen molar-refractivity contribution in [3.8, 4) is 23.0 Å². The van der Waals surface area contributed by atoms with Gasteiger partial charge >= 0.3 is 0 Å². The predicted octanol–water partition coefficient (Wildman–Crippen LogP) is 5.24. The van der Waals surface area contributed by atoms with Crippen LogP contribution in [-0.4, -0.2) is 46.9 Å². The van der Waals surface area contributed by atoms with Gasteiger partial charge in [-0.05, 0) is 49.2 Å². The molecule has 4 rings (SSSR count). The van der Waals surface area contributed by atoms with E-state index < -0.39 is 5.97 Å². The molecule has 1 radical (unpaired) electrons. The zero-order valence-electron chi connectivity index (χ0n) is 19.1. The minimum absolute atomic E-state index is 0. The molecule has 0 fully saturated rings. The Hall–Kier alpha value is -3.81. The Morgan fingerprint density at radius 3 is 1.54 bits per heavy atom. The van der Waals surface area contributed by atoms with Gasteiger partial charge in [-0.25, -0.2) is 0 Å². The number of carboxylic acids is 1. The summed E-state index contributed by atoms with van der Waals surface area (Å²) in [7, 11) is 0. The van der Waals surface area contributed by atoms with Crippen molar-refractivity contribution < 1.29 is 46.7 Å². The van der Waals surface area contributed by atoms with Crippen molar-refractivity contribution in [1.29, 1.82) is 0 Å². The standard InChI is InChI=1S/C24H22N2O4.C2H4O2.Mn/c27-23-17-7-5-11-21(23)29-13-3-4-14-30-22-12-6-8-18(24(22)28)16-26-20-10-2-1-9-19(20)25-15-17;1-2(3)4;/h1-2,5-12,15-16,27-28H,3-4,13-14H2;1H3,(H,3,4);. The third-order valence-electron chi connectivity index (χ3n) is 4.68. The van der Waals surface area contributed by atoms with Gasteiger partial charge in [-0.15, -0.1) is 0 Å². The largest absolute Gasteiger partial charge is 0.504 e. The number of carboxylic acid groups (broad SMARTS) is 1. The van der Waals surface area contributed by atoms with E-state index in [-0.39, 0.29) is 28.6 Å². The molecule has 1 aliphatic rings. The van der Waals surface area contributed by atoms with E-state index in [2.05, 4.69) is 9.98 Å². The van der Waals surface area contributed by atoms with Gasteiger partial charge in [0.2, 0.25) is 0 Å². The molecule has 183 valence electrons. The average molecular weight is 517 g/mol. The topological polar surface area (TPSA) is 121 Å². The maximum absolute atomic E-state index is 10.5. The Labute approximate surface area is 214 Å². The summed E-state index contributed by atoms with van der Waals surface area (Å²) < 4.78 is 11.4. The van der Waals surface area contributed by atoms with Crippen LogP contribution in [0.3, 0.4) is 0 Å². The van der Waals surface area contributed by atoms with Crippen LogP contribution in [0.15, 0.2) is 70.6 Å². The zero-order chi connectivity index (χ0) is 24.3. The molecule has 1 heterocycles. The predicted molar refractivity (Wildman–Crippen MR) is 131 cm³/mol. The second kappa shape index (κ2) is 13.8. The molecule has 0 unspecified atom stereocenters. The summed E-state index contributed by atoms with van der Waals surface area (Å²) in [6, 6.07) is 18.0. The van der Waals surface area contributed by atoms with E-state index in [9.17, 15) is 10.2 Å². The normalized spacial score (nSPS) is 12.7. The molecule has 9 heteroatoms. The summed E-state index contributed by atoms with van der Waals surface area (Å²) in [6.45, 7) is 1.97. The number of aromatic hydroxyl groups is 2. The molecule has 0 saturated carbocycles. The number of hydrogen-bond acceptors (Lipinski definition) is 7. The summed E-state index contributed by atoms with van der Waals surface area (Å²) >= 11 is 0. The van der Waals surface area contributed by atoms with Crippen molar-refractivity contribution in [2.45, 2.75) is 19.8 Å². The van der Waals surface area contributed by atoms with E-state index in [0.717, 1.165) is 19.8 Å². The third-order valence-corrected chi connectivity index (χ3v) is 4.68. The van der Waals surface area contributed by atoms with Gasteiger partial charge in [-0.3, -0.25) is 14.8 Å². The van der Waals surface area contributed by atoms with Crippen molar-refractivity contribution >= 4 is 29.8 Å². The van der Waals surface area contributed by atoms with Crippen molar-refractivity contribution in [2.75, 3.05) is 13.2 Å². The molecule has 0 saturated heterocycles. The maximum atomic E-state index is 10.5. The maximum Gasteiger partial charge on any atom is 0.300 e. The van der Waals surface area contributed by atoms with E-state index in [1.165, 1.54) is 0 Å². The number of ether oxygens (including phenoxy) is 2. The van der Waals surface area contributed by atoms with Gasteiger partial charge in [-0.2, -0.15) is 0 Å². The van der Waals surface area contributed by atoms with Crippen LogP contribution in [0.4, 0.5) is 11.4 Å². The number of hydrogen-bond donors (Lipinski definition) is 3. The molecule has 0 atom stereocenters. The third kappa shape index (κ3) is 8.17. The van der Waals surface area contributed by atoms with Crippen LogP contribution in [0.2, 0.25) is 0 Å². The first kappa shape index (κ1) is 27.4. The first-order valence-electron chi connectivity index (χ1n) is 10.7. The number of aliphatic imine (C=N–C) groups is 2. The number of rotatable bonds is 0. The Morgan fingerprint density at radius 1 is 0.743 bits per heavy atom. The Bertz CT molecular complexity index is 1110. The molecule has 4 bridgehead atoms. The van der Waals surface area contributed by atoms with Crippen LogP contribution >= 0.6 is 0 Å². The average Bonchev–Trinajstić information content (AvgIpc) is 2.81. The van der Waals surface area contributed by atoms with Crippen molar-refractivity contribution in [3.05, 3.63) is 71.8 Å². The smallest absolute Gasteiger partial charge is 0.300 e. The Balaban J connectivity index is 0.000000804. The second-order valence-electron chi connectivity index (χ2n) is 7.32. The number of nitrogens with zero attached hydrogens (tertiary/aromatic N) is 2. The molecule has 0 aromatic heterocycles. The summed E-state index contributed by atoms with van der Waals surface area (Å²) in [5.41, 5.74) is 2.38. The van der Waals surface area contributed by atoms with E-state index in [0.29, 0.717) is 47.2 Å². The number of para-hydroxylation sites is 4. The minimum atomic E-state index is -0.833. The molecule has 0 amide bonds. The number of aliphatic carboxylic acids is 1. The number of carbonyl (C=O) groups is 1. The molecule has 35 heavy (non-hydrogen) atoms. The molecule has 0 aliphatic carbocycles. The van der Waals surface area contributed by atoms with Gasteiger partial charge in [-0.1, -0.05) is 24.3 Å². The van der Waals surface area contributed by atoms with Crippen LogP contribution in [-0.2, 0) is 21.9 Å². The number of phenols is 2. The van der Waals surface area contributed by atoms with Crippen molar-refractivity contribution in [3.63, 3.8) is 0 Å². The van der Waals surface area contributed by atoms with Gasteiger partial charge in [0.15, 0.2) is 23.0 Å². The fourth-order valence-corrected chi connectivity index (χ4v) is 3.05. The second-order valence-corrected chi connectivity index (χ2v) is 7.32. The molecule has 8 nitrogen and oxygen atoms in total. The van der Waals surface area contributed by atoms with E-state index >= 15 is 0 Å². The van der Waals surface area contributed by atoms with Crippen molar-refractivity contribution in [2.24, 2.45) is 9.98 Å². The molecular weight excluding hydrogens is 491 g/mol. The van der Waals surface area contributed by atoms with E-state index in [4.69, 9.17) is 19.4 Å². The summed E-state index contributed by atoms with van der Waals surface area (Å²) in [5.74, 6) is 0.106. The van der Waals surface area contributed by atoms with Gasteiger partial charge in [0.05, 0.1) is 24.6 Å². The van der Waals surface area contributed by atoms with Gasteiger partial charge in [0, 0.05) is 47.5 Å². The summed E-state index contributed by atoms with van der Waals surface area (Å²) in [4.78, 5) is 18.0. The van der Waals surface area contributed by atoms with Crippen LogP contribution in [0, 0.1) is 0 Å². The minimum Gasteiger partial charge on any atom is -0.504 e. The number of phenolic OH excluding ortho intramolecular Hbond substituents is 2. The molecule has 1 aliphatic heterocycles. The molecule has 0 spiro atoms. The van der Waals surface area contributed by atoms with Crippen molar-refractivity contribution in [1.82, 2.24) is 0 Å². The van der Waals surface area contributed by atoms with Crippen LogP contribution < -0.4 is 9.47 Å². The summed E-state index contributed by atoms with van der Waals surface area (Å²) in [6.07, 6.45) is 4.66. The van der Waals surface area contributed by atoms with Crippen LogP contribution in [0.25, 0.3) is 0 Å². The fourth-order valence-electron chi connectivity index (χ4n) is 3.05. The monoisotopic (exact) mass is 517 g/mol. The van der Waals surface area contributed by atoms with Crippen LogP contribution in [0.1, 0.15) is 30.9 Å². The number of fused-ring (bicyclic) bond motifs is 5. The fraction of sp³-hybridized carbons (Fsp3) is 0.192. The summed E-state index contributed by atoms with van der Waals surface area (Å²) in [5, 5.41) is 28.4. The molecule has 3 N–H and O–H groups in total. The van der Waals surface area contributed by atoms with E-state index in [1.807, 2.05) is 36.4 Å². The van der Waals surface area contributed by atoms with Gasteiger partial charge in [0.1, 0.15) is 0 Å². The first-order chi connectivity index (χ1) is 16.5. The molecular formula is C26H26MnN2O6. The van der Waals surface area contributed by atoms with Gasteiger partial charge in [0.25, 0.3) is 5.97 Å². The quantitative estimate of drug-likeness (QED) is 0.351. The van der Waals surface area contributed by atoms with E-state index in [1.54, 1.807) is 36.7 Å². The zero-order valence-corrected chi connectivity index (χ0v) is 20.3. The van der Waals surface area contributed by atoms with Crippen LogP contribution in [0.5, 0.6) is 23.0 Å². The first-order valence-corrected chi connectivity index (χ1v) is 10.7. The molecule has 3 aromatic rings. The SMILES string of the molecule is CC(=O)O.Oc1c2cccc1OCCCCOc1cccc(c1O)C=Nc1ccccc1N=C2.[Mn].